The van der Waals surface area contributed by atoms with E-state index < -0.39 is 0 Å². The molecule has 0 atom stereocenters. The Kier molecular flexibility index (Phi) is 6.02. The van der Waals surface area contributed by atoms with Gasteiger partial charge in [0.05, 0.1) is 0 Å². The Labute approximate surface area is 296 Å². The normalized spacial score (nSPS) is 12.1. The lowest BCUT2D eigenvalue weighted by Crippen LogP contribution is -1.98. The Balaban J connectivity index is 1.14. The highest BCUT2D eigenvalue weighted by molar-refractivity contribution is 6.26. The lowest BCUT2D eigenvalue weighted by Gasteiger charge is -2.23. The molecule has 0 amide bonds. The maximum absolute atomic E-state index is 6.61. The monoisotopic (exact) mass is 646 g/mol. The number of rotatable bonds is 4. The van der Waals surface area contributed by atoms with Gasteiger partial charge in [0.25, 0.3) is 0 Å². The van der Waals surface area contributed by atoms with Crippen LogP contribution in [0.15, 0.2) is 182 Å². The van der Waals surface area contributed by atoms with E-state index in [9.17, 15) is 0 Å². The van der Waals surface area contributed by atoms with Crippen molar-refractivity contribution in [2.75, 3.05) is 0 Å². The molecule has 1 heteroatoms. The van der Waals surface area contributed by atoms with Crippen molar-refractivity contribution in [1.29, 1.82) is 0 Å². The van der Waals surface area contributed by atoms with Crippen molar-refractivity contribution in [3.05, 3.63) is 182 Å². The van der Waals surface area contributed by atoms with Gasteiger partial charge in [0.15, 0.2) is 0 Å². The summed E-state index contributed by atoms with van der Waals surface area (Å²) in [6.07, 6.45) is 0. The van der Waals surface area contributed by atoms with E-state index in [1.54, 1.807) is 0 Å². The largest absolute Gasteiger partial charge is 0.456 e. The fraction of sp³-hybridized carbons (Fsp3) is 0. The summed E-state index contributed by atoms with van der Waals surface area (Å²) in [5.74, 6) is 1.79. The number of benzene rings is 10. The fourth-order valence-corrected chi connectivity index (χ4v) is 8.47. The number of hydrogen-bond donors (Lipinski definition) is 0. The van der Waals surface area contributed by atoms with Gasteiger partial charge in [0, 0.05) is 10.9 Å². The van der Waals surface area contributed by atoms with Crippen LogP contribution in [0, 0.1) is 0 Å². The summed E-state index contributed by atoms with van der Waals surface area (Å²) in [4.78, 5) is 0. The minimum absolute atomic E-state index is 0.894. The van der Waals surface area contributed by atoms with E-state index in [4.69, 9.17) is 4.74 Å². The summed E-state index contributed by atoms with van der Waals surface area (Å²) in [5.41, 5.74) is 12.0. The smallest absolute Gasteiger partial charge is 0.135 e. The van der Waals surface area contributed by atoms with Gasteiger partial charge in [-0.15, -0.1) is 0 Å². The Morgan fingerprint density at radius 2 is 0.863 bits per heavy atom. The van der Waals surface area contributed by atoms with Crippen LogP contribution in [-0.2, 0) is 0 Å². The summed E-state index contributed by atoms with van der Waals surface area (Å²) in [6, 6.07) is 66.3. The van der Waals surface area contributed by atoms with Crippen LogP contribution in [-0.4, -0.2) is 0 Å². The highest BCUT2D eigenvalue weighted by Gasteiger charge is 2.23. The molecular weight excluding hydrogens is 617 g/mol. The van der Waals surface area contributed by atoms with Crippen molar-refractivity contribution in [1.82, 2.24) is 0 Å². The Bertz CT molecular complexity index is 2960. The van der Waals surface area contributed by atoms with E-state index >= 15 is 0 Å². The molecule has 10 aromatic carbocycles. The van der Waals surface area contributed by atoms with Crippen LogP contribution in [0.1, 0.15) is 0 Å². The van der Waals surface area contributed by atoms with E-state index in [2.05, 4.69) is 182 Å². The highest BCUT2D eigenvalue weighted by atomic mass is 16.5. The van der Waals surface area contributed by atoms with E-state index in [1.807, 2.05) is 0 Å². The van der Waals surface area contributed by atoms with Gasteiger partial charge in [-0.25, -0.2) is 0 Å². The Morgan fingerprint density at radius 3 is 1.69 bits per heavy atom. The summed E-state index contributed by atoms with van der Waals surface area (Å²) in [7, 11) is 0. The molecule has 1 aliphatic rings. The van der Waals surface area contributed by atoms with Crippen molar-refractivity contribution < 1.29 is 4.74 Å². The molecular formula is C50H30O. The van der Waals surface area contributed by atoms with Crippen molar-refractivity contribution in [2.24, 2.45) is 0 Å². The summed E-state index contributed by atoms with van der Waals surface area (Å²) < 4.78 is 6.61. The van der Waals surface area contributed by atoms with Crippen LogP contribution in [0.4, 0.5) is 0 Å². The van der Waals surface area contributed by atoms with Gasteiger partial charge in [-0.1, -0.05) is 158 Å². The van der Waals surface area contributed by atoms with Crippen LogP contribution < -0.4 is 4.74 Å². The average molecular weight is 647 g/mol. The van der Waals surface area contributed by atoms with Gasteiger partial charge in [-0.2, -0.15) is 0 Å². The lowest BCUT2D eigenvalue weighted by molar-refractivity contribution is 0.487. The quantitative estimate of drug-likeness (QED) is 0.173. The minimum atomic E-state index is 0.894. The molecule has 1 heterocycles. The SMILES string of the molecule is c1ccc(-c2ccc3c(c2)-c2cccc4c(-c5ccc(-c6ccccc6)c(-c6ccc7ccc8cccc9ccc6c7c89)c5)ccc(c24)O3)cc1. The van der Waals surface area contributed by atoms with Crippen LogP contribution in [0.2, 0.25) is 0 Å². The molecule has 0 fully saturated rings. The second kappa shape index (κ2) is 10.9. The molecule has 0 N–H and O–H groups in total. The molecule has 0 radical (unpaired) electrons. The van der Waals surface area contributed by atoms with Crippen LogP contribution >= 0.6 is 0 Å². The van der Waals surface area contributed by atoms with E-state index in [-0.39, 0.29) is 0 Å². The predicted molar refractivity (Wildman–Crippen MR) is 215 cm³/mol. The third-order valence-electron chi connectivity index (χ3n) is 10.8. The van der Waals surface area contributed by atoms with Crippen LogP contribution in [0.5, 0.6) is 11.5 Å². The first-order chi connectivity index (χ1) is 25.3. The molecule has 0 aromatic heterocycles. The average Bonchev–Trinajstić information content (AvgIpc) is 3.20. The van der Waals surface area contributed by atoms with Crippen molar-refractivity contribution in [3.8, 4) is 67.1 Å². The maximum Gasteiger partial charge on any atom is 0.135 e. The third kappa shape index (κ3) is 4.28. The zero-order valence-electron chi connectivity index (χ0n) is 27.7. The second-order valence-corrected chi connectivity index (χ2v) is 13.6. The molecule has 0 spiro atoms. The summed E-state index contributed by atoms with van der Waals surface area (Å²) in [6.45, 7) is 0. The fourth-order valence-electron chi connectivity index (χ4n) is 8.47. The van der Waals surface area contributed by atoms with Crippen molar-refractivity contribution >= 4 is 43.1 Å². The van der Waals surface area contributed by atoms with E-state index in [0.717, 1.165) is 22.4 Å². The topological polar surface area (TPSA) is 9.23 Å². The molecule has 0 saturated carbocycles. The van der Waals surface area contributed by atoms with Gasteiger partial charge >= 0.3 is 0 Å². The zero-order chi connectivity index (χ0) is 33.5. The first kappa shape index (κ1) is 28.2. The van der Waals surface area contributed by atoms with Gasteiger partial charge in [-0.05, 0) is 112 Å². The lowest BCUT2D eigenvalue weighted by atomic mass is 9.85. The molecule has 236 valence electrons. The van der Waals surface area contributed by atoms with Crippen molar-refractivity contribution in [3.63, 3.8) is 0 Å². The number of fused-ring (bicyclic) bond motifs is 2. The van der Waals surface area contributed by atoms with Gasteiger partial charge in [0.2, 0.25) is 0 Å². The number of ether oxygens (including phenoxy) is 1. The molecule has 0 saturated heterocycles. The number of hydrogen-bond acceptors (Lipinski definition) is 1. The molecule has 1 aliphatic heterocycles. The standard InChI is InChI=1S/C50H30O/c1-3-9-31(10-4-1)36-22-27-46-45(29-36)42-16-8-15-41-39(26-28-47(51-46)50(41)42)37-21-23-38(32-11-5-2-6-12-32)44(30-37)40-24-19-35-18-17-33-13-7-14-34-20-25-43(40)49(35)48(33)34/h1-30H. The Morgan fingerprint density at radius 1 is 0.255 bits per heavy atom. The molecule has 0 aliphatic carbocycles. The van der Waals surface area contributed by atoms with Gasteiger partial charge in [0.1, 0.15) is 11.5 Å². The van der Waals surface area contributed by atoms with Gasteiger partial charge in [-0.3, -0.25) is 0 Å². The Hall–Kier alpha value is -6.70. The second-order valence-electron chi connectivity index (χ2n) is 13.6. The van der Waals surface area contributed by atoms with Crippen LogP contribution in [0.3, 0.4) is 0 Å². The van der Waals surface area contributed by atoms with Crippen molar-refractivity contribution in [2.45, 2.75) is 0 Å². The molecule has 0 bridgehead atoms. The first-order valence-electron chi connectivity index (χ1n) is 17.6. The molecule has 10 aromatic rings. The maximum atomic E-state index is 6.61. The summed E-state index contributed by atoms with van der Waals surface area (Å²) in [5, 5.41) is 10.1. The molecule has 11 rings (SSSR count). The van der Waals surface area contributed by atoms with Crippen LogP contribution in [0.25, 0.3) is 98.7 Å². The predicted octanol–water partition coefficient (Wildman–Crippen LogP) is 14.2. The summed E-state index contributed by atoms with van der Waals surface area (Å²) >= 11 is 0. The zero-order valence-corrected chi connectivity index (χ0v) is 27.7. The molecule has 0 unspecified atom stereocenters. The molecule has 1 nitrogen and oxygen atoms in total. The van der Waals surface area contributed by atoms with E-state index in [0.29, 0.717) is 0 Å². The third-order valence-corrected chi connectivity index (χ3v) is 10.8. The van der Waals surface area contributed by atoms with E-state index in [1.165, 1.54) is 87.8 Å². The first-order valence-corrected chi connectivity index (χ1v) is 17.6. The van der Waals surface area contributed by atoms with Gasteiger partial charge < -0.3 is 4.74 Å². The highest BCUT2D eigenvalue weighted by Crippen LogP contribution is 2.50. The molecule has 51 heavy (non-hydrogen) atoms. The minimum Gasteiger partial charge on any atom is -0.456 e.